The highest BCUT2D eigenvalue weighted by molar-refractivity contribution is 7.47. The maximum absolute atomic E-state index is 13.2. The molecule has 7 N–H and O–H groups in total. The van der Waals surface area contributed by atoms with E-state index in [1.807, 2.05) is 0 Å². The predicted octanol–water partition coefficient (Wildman–Crippen LogP) is -1.50. The van der Waals surface area contributed by atoms with Gasteiger partial charge in [-0.1, -0.05) is 0 Å². The van der Waals surface area contributed by atoms with Gasteiger partial charge in [0.25, 0.3) is 5.56 Å². The van der Waals surface area contributed by atoms with Crippen molar-refractivity contribution in [3.8, 4) is 0 Å². The molecule has 4 aliphatic heterocycles. The van der Waals surface area contributed by atoms with Crippen LogP contribution in [0.2, 0.25) is 0 Å². The molecule has 20 nitrogen and oxygen atoms in total. The second-order valence-electron chi connectivity index (χ2n) is 10.3. The van der Waals surface area contributed by atoms with Gasteiger partial charge in [0.1, 0.15) is 48.2 Å². The number of hydrogen-bond acceptors (Lipinski definition) is 16. The zero-order chi connectivity index (χ0) is 31.0. The highest BCUT2D eigenvalue weighted by atomic mass is 31.2. The van der Waals surface area contributed by atoms with Crippen molar-refractivity contribution in [1.29, 1.82) is 0 Å². The summed E-state index contributed by atoms with van der Waals surface area (Å²) in [5, 5.41) is 22.1. The van der Waals surface area contributed by atoms with E-state index in [9.17, 15) is 33.9 Å². The van der Waals surface area contributed by atoms with Crippen LogP contribution in [-0.4, -0.2) is 106 Å². The quantitative estimate of drug-likeness (QED) is 0.171. The van der Waals surface area contributed by atoms with E-state index < -0.39 is 83.4 Å². The van der Waals surface area contributed by atoms with Crippen molar-refractivity contribution in [3.05, 3.63) is 46.5 Å². The topological polar surface area (TPSA) is 285 Å². The molecule has 7 rings (SSSR count). The van der Waals surface area contributed by atoms with Gasteiger partial charge in [0.15, 0.2) is 11.9 Å². The van der Waals surface area contributed by atoms with Crippen LogP contribution in [0.3, 0.4) is 0 Å². The largest absolute Gasteiger partial charge is 0.472 e. The number of aliphatic hydroxyl groups is 2. The fourth-order valence-corrected chi connectivity index (χ4v) is 7.43. The number of aliphatic hydroxyl groups excluding tert-OH is 2. The summed E-state index contributed by atoms with van der Waals surface area (Å²) >= 11 is 0. The van der Waals surface area contributed by atoms with Crippen molar-refractivity contribution in [1.82, 2.24) is 24.5 Å². The van der Waals surface area contributed by atoms with Gasteiger partial charge in [-0.15, -0.1) is 0 Å². The maximum atomic E-state index is 13.2. The van der Waals surface area contributed by atoms with Crippen LogP contribution in [0.25, 0.3) is 11.2 Å². The Balaban J connectivity index is 1.19. The summed E-state index contributed by atoms with van der Waals surface area (Å²) in [6.45, 7) is -1.65. The highest BCUT2D eigenvalue weighted by Crippen LogP contribution is 2.53. The van der Waals surface area contributed by atoms with Gasteiger partial charge in [-0.05, 0) is 6.07 Å². The Bertz CT molecular complexity index is 1800. The Morgan fingerprint density at radius 2 is 1.70 bits per heavy atom. The third-order valence-corrected chi connectivity index (χ3v) is 9.57. The monoisotopic (exact) mass is 657 g/mol. The molecule has 44 heavy (non-hydrogen) atoms. The highest BCUT2D eigenvalue weighted by Gasteiger charge is 2.54. The summed E-state index contributed by atoms with van der Waals surface area (Å²) < 4.78 is 60.1. The Morgan fingerprint density at radius 3 is 2.48 bits per heavy atom. The average Bonchev–Trinajstić information content (AvgIpc) is 3.73. The van der Waals surface area contributed by atoms with Crippen molar-refractivity contribution in [3.63, 3.8) is 0 Å². The van der Waals surface area contributed by atoms with E-state index >= 15 is 0 Å². The number of phosphoric acid groups is 2. The number of H-pyrrole nitrogens is 1. The van der Waals surface area contributed by atoms with Crippen molar-refractivity contribution in [2.45, 2.75) is 55.5 Å². The molecule has 2 bridgehead atoms. The van der Waals surface area contributed by atoms with Crippen molar-refractivity contribution in [2.24, 2.45) is 4.99 Å². The smallest absolute Gasteiger partial charge is 0.397 e. The summed E-state index contributed by atoms with van der Waals surface area (Å²) in [5.41, 5.74) is 6.65. The van der Waals surface area contributed by atoms with E-state index in [4.69, 9.17) is 33.3 Å². The first kappa shape index (κ1) is 29.7. The number of anilines is 1. The van der Waals surface area contributed by atoms with Crippen LogP contribution in [0.1, 0.15) is 17.5 Å². The number of nitrogens with two attached hydrogens (primary N) is 1. The fourth-order valence-electron chi connectivity index (χ4n) is 5.53. The number of hydrogen-bond donors (Lipinski definition) is 6. The normalized spacial score (nSPS) is 39.2. The van der Waals surface area contributed by atoms with Crippen LogP contribution >= 0.6 is 15.6 Å². The van der Waals surface area contributed by atoms with E-state index in [-0.39, 0.29) is 29.2 Å². The van der Waals surface area contributed by atoms with E-state index in [1.165, 1.54) is 23.2 Å². The lowest BCUT2D eigenvalue weighted by Gasteiger charge is -2.25. The number of nitrogen functional groups attached to an aromatic ring is 1. The Morgan fingerprint density at radius 1 is 0.977 bits per heavy atom. The number of rotatable bonds is 2. The number of imidazole rings is 1. The van der Waals surface area contributed by atoms with Gasteiger partial charge in [0, 0.05) is 6.20 Å². The molecule has 0 radical (unpaired) electrons. The SMILES string of the molecule is Nc1ccnc2c1ncn2[C@@H]1O[C@@H]2COP(=O)(O)O[C@@H]3[C@H](O)[C@@H](COP(=O)(O)O[C@H]2[C@H]1O)O[C@H]3C1=NCc2c1nc[nH]c2=O. The zero-order valence-corrected chi connectivity index (χ0v) is 24.0. The average molecular weight is 657 g/mol. The Kier molecular flexibility index (Phi) is 7.32. The third kappa shape index (κ3) is 5.12. The summed E-state index contributed by atoms with van der Waals surface area (Å²) in [4.78, 5) is 52.6. The van der Waals surface area contributed by atoms with Gasteiger partial charge in [0.2, 0.25) is 0 Å². The molecule has 10 atom stereocenters. The predicted molar refractivity (Wildman–Crippen MR) is 143 cm³/mol. The van der Waals surface area contributed by atoms with Crippen LogP contribution in [0.4, 0.5) is 5.69 Å². The van der Waals surface area contributed by atoms with Crippen LogP contribution < -0.4 is 11.3 Å². The molecular weight excluding hydrogens is 632 g/mol. The van der Waals surface area contributed by atoms with Crippen LogP contribution in [0.5, 0.6) is 0 Å². The van der Waals surface area contributed by atoms with E-state index in [1.54, 1.807) is 0 Å². The lowest BCUT2D eigenvalue weighted by atomic mass is 10.0. The van der Waals surface area contributed by atoms with Crippen molar-refractivity contribution in [2.75, 3.05) is 18.9 Å². The number of aromatic amines is 1. The molecule has 3 fully saturated rings. The second kappa shape index (κ2) is 10.8. The number of fused-ring (bicyclic) bond motifs is 5. The lowest BCUT2D eigenvalue weighted by molar-refractivity contribution is -0.0544. The second-order valence-corrected chi connectivity index (χ2v) is 13.1. The van der Waals surface area contributed by atoms with Crippen LogP contribution in [0.15, 0.2) is 34.7 Å². The molecule has 3 saturated heterocycles. The van der Waals surface area contributed by atoms with Crippen molar-refractivity contribution < 1.29 is 56.7 Å². The summed E-state index contributed by atoms with van der Waals surface area (Å²) in [6.07, 6.45) is -8.36. The molecule has 0 saturated carbocycles. The Hall–Kier alpha value is -2.97. The standard InChI is InChI=1S/C22H25N7O13P2/c23-9-1-2-24-20-13(9)28-7-29(20)22-16(31)17-11(40-22)5-38-44(35,36)42-19-15(30)10(4-37-43(33,34)41-17)39-18(19)14-12-8(3-25-14)21(32)27-6-26-12/h1-2,6-7,10-11,15-19,22,30-31H,3-5H2,(H2,23,24)(H,33,34)(H,35,36)(H,26,27,32)/t10-,11-,15-,16-,17-,18+,19-,22-/m1/s1. The zero-order valence-electron chi connectivity index (χ0n) is 22.2. The molecule has 3 aromatic heterocycles. The number of ether oxygens (including phenoxy) is 2. The van der Waals surface area contributed by atoms with Gasteiger partial charge < -0.3 is 40.2 Å². The first-order chi connectivity index (χ1) is 20.9. The molecule has 22 heteroatoms. The van der Waals surface area contributed by atoms with E-state index in [0.29, 0.717) is 11.2 Å². The first-order valence-corrected chi connectivity index (χ1v) is 16.1. The number of phosphoric ester groups is 2. The van der Waals surface area contributed by atoms with Gasteiger partial charge in [-0.25, -0.2) is 24.1 Å². The van der Waals surface area contributed by atoms with Crippen LogP contribution in [0, 0.1) is 0 Å². The number of aliphatic imine (C=N–C) groups is 1. The lowest BCUT2D eigenvalue weighted by Crippen LogP contribution is -2.39. The van der Waals surface area contributed by atoms with Crippen molar-refractivity contribution >= 4 is 38.2 Å². The third-order valence-electron chi connectivity index (χ3n) is 7.60. The summed E-state index contributed by atoms with van der Waals surface area (Å²) in [7, 11) is -10.1. The maximum Gasteiger partial charge on any atom is 0.472 e. The molecule has 236 valence electrons. The van der Waals surface area contributed by atoms with E-state index in [2.05, 4.69) is 24.9 Å². The van der Waals surface area contributed by atoms with E-state index in [0.717, 1.165) is 6.33 Å². The van der Waals surface area contributed by atoms with Gasteiger partial charge in [0.05, 0.1) is 55.1 Å². The molecular formula is C22H25N7O13P2. The number of nitrogens with zero attached hydrogens (tertiary/aromatic N) is 5. The molecule has 7 heterocycles. The summed E-state index contributed by atoms with van der Waals surface area (Å²) in [5.74, 6) is 0. The number of pyridine rings is 1. The van der Waals surface area contributed by atoms with Gasteiger partial charge >= 0.3 is 15.6 Å². The minimum atomic E-state index is -5.06. The minimum Gasteiger partial charge on any atom is -0.397 e. The molecule has 0 spiro atoms. The molecule has 0 aromatic carbocycles. The Labute approximate surface area is 245 Å². The molecule has 3 aromatic rings. The van der Waals surface area contributed by atoms with Gasteiger partial charge in [-0.3, -0.25) is 32.4 Å². The van der Waals surface area contributed by atoms with Gasteiger partial charge in [-0.2, -0.15) is 0 Å². The first-order valence-electron chi connectivity index (χ1n) is 13.1. The fraction of sp³-hybridized carbons (Fsp3) is 0.500. The molecule has 2 unspecified atom stereocenters. The van der Waals surface area contributed by atoms with Crippen LogP contribution in [-0.2, 0) is 43.2 Å². The minimum absolute atomic E-state index is 0.0418. The summed E-state index contributed by atoms with van der Waals surface area (Å²) in [6, 6.07) is 1.52. The molecule has 0 amide bonds. The molecule has 0 aliphatic carbocycles. The number of nitrogens with one attached hydrogen (secondary N) is 1. The molecule has 4 aliphatic rings. The number of aromatic nitrogens is 5.